The van der Waals surface area contributed by atoms with E-state index in [2.05, 4.69) is 71.7 Å². The van der Waals surface area contributed by atoms with Gasteiger partial charge in [0.1, 0.15) is 17.2 Å². The van der Waals surface area contributed by atoms with Crippen LogP contribution in [0.1, 0.15) is 127 Å². The normalized spacial score (nSPS) is 24.0. The highest BCUT2D eigenvalue weighted by Crippen LogP contribution is 2.52. The largest absolute Gasteiger partial charge is 0.357 e. The molecule has 3 aromatic heterocycles. The van der Waals surface area contributed by atoms with Crippen LogP contribution in [0.5, 0.6) is 0 Å². The van der Waals surface area contributed by atoms with Gasteiger partial charge in [-0.25, -0.2) is 19.3 Å². The highest BCUT2D eigenvalue weighted by molar-refractivity contribution is 6.09. The number of anilines is 4. The molecule has 9 heterocycles. The first-order chi connectivity index (χ1) is 36.5. The Morgan fingerprint density at radius 2 is 1.61 bits per heavy atom. The summed E-state index contributed by atoms with van der Waals surface area (Å²) in [5.41, 5.74) is 5.67. The van der Waals surface area contributed by atoms with Crippen molar-refractivity contribution in [2.75, 3.05) is 74.0 Å². The van der Waals surface area contributed by atoms with Gasteiger partial charge in [0.15, 0.2) is 5.82 Å². The first kappa shape index (κ1) is 49.6. The first-order valence-corrected chi connectivity index (χ1v) is 28.2. The Bertz CT molecular complexity index is 2940. The lowest BCUT2D eigenvalue weighted by Crippen LogP contribution is -2.58. The van der Waals surface area contributed by atoms with Gasteiger partial charge in [0.25, 0.3) is 0 Å². The highest BCUT2D eigenvalue weighted by atomic mass is 19.1. The van der Waals surface area contributed by atoms with Crippen LogP contribution in [0.4, 0.5) is 27.4 Å². The number of rotatable bonds is 12. The molecule has 7 aliphatic rings. The van der Waals surface area contributed by atoms with Crippen LogP contribution in [-0.4, -0.2) is 129 Å². The molecule has 0 bridgehead atoms. The molecule has 394 valence electrons. The average molecular weight is 1020 g/mol. The summed E-state index contributed by atoms with van der Waals surface area (Å²) >= 11 is 0. The molecular formula is C59H72FN11O4. The van der Waals surface area contributed by atoms with E-state index in [1.807, 2.05) is 24.5 Å². The second-order valence-electron chi connectivity index (χ2n) is 23.1. The number of hydrogen-bond donors (Lipinski definition) is 2. The summed E-state index contributed by atoms with van der Waals surface area (Å²) in [6, 6.07) is 19.8. The number of nitrogens with one attached hydrogen (secondary N) is 2. The Kier molecular flexibility index (Phi) is 13.7. The molecule has 2 aromatic carbocycles. The number of aromatic nitrogens is 4. The van der Waals surface area contributed by atoms with Crippen LogP contribution < -0.4 is 20.4 Å². The van der Waals surface area contributed by atoms with Crippen molar-refractivity contribution in [1.29, 1.82) is 0 Å². The third-order valence-electron chi connectivity index (χ3n) is 18.4. The van der Waals surface area contributed by atoms with Crippen LogP contribution >= 0.6 is 0 Å². The Morgan fingerprint density at radius 1 is 0.840 bits per heavy atom. The summed E-state index contributed by atoms with van der Waals surface area (Å²) in [5.74, 6) is 1.44. The molecule has 1 atom stereocenters. The second-order valence-corrected chi connectivity index (χ2v) is 23.1. The lowest BCUT2D eigenvalue weighted by molar-refractivity contribution is -0.140. The fourth-order valence-electron chi connectivity index (χ4n) is 13.7. The zero-order chi connectivity index (χ0) is 51.4. The number of imidazole rings is 1. The number of halogens is 1. The Balaban J connectivity index is 0.689. The zero-order valence-electron chi connectivity index (χ0n) is 43.7. The number of carbonyl (C=O) groups excluding carboxylic acids is 4. The maximum atomic E-state index is 15.3. The van der Waals surface area contributed by atoms with Gasteiger partial charge < -0.3 is 34.4 Å². The van der Waals surface area contributed by atoms with Gasteiger partial charge in [-0.2, -0.15) is 0 Å². The van der Waals surface area contributed by atoms with E-state index in [1.165, 1.54) is 25.3 Å². The van der Waals surface area contributed by atoms with Crippen LogP contribution in [0.25, 0.3) is 22.3 Å². The van der Waals surface area contributed by atoms with E-state index < -0.39 is 5.41 Å². The molecule has 4 amide bonds. The van der Waals surface area contributed by atoms with Gasteiger partial charge in [-0.3, -0.25) is 24.5 Å². The van der Waals surface area contributed by atoms with Crippen molar-refractivity contribution >= 4 is 57.7 Å². The fourth-order valence-corrected chi connectivity index (χ4v) is 13.7. The minimum atomic E-state index is -0.690. The van der Waals surface area contributed by atoms with Crippen molar-refractivity contribution < 1.29 is 23.6 Å². The van der Waals surface area contributed by atoms with E-state index in [1.54, 1.807) is 24.4 Å². The van der Waals surface area contributed by atoms with E-state index in [4.69, 9.17) is 15.0 Å². The van der Waals surface area contributed by atoms with Crippen LogP contribution in [0, 0.1) is 17.7 Å². The first-order valence-electron chi connectivity index (χ1n) is 28.2. The van der Waals surface area contributed by atoms with Crippen molar-refractivity contribution in [2.24, 2.45) is 11.8 Å². The summed E-state index contributed by atoms with van der Waals surface area (Å²) in [4.78, 5) is 80.0. The van der Waals surface area contributed by atoms with E-state index in [0.717, 1.165) is 130 Å². The van der Waals surface area contributed by atoms with E-state index in [9.17, 15) is 14.4 Å². The summed E-state index contributed by atoms with van der Waals surface area (Å²) in [6.45, 7) is 12.4. The number of fused-ring (bicyclic) bond motifs is 3. The lowest BCUT2D eigenvalue weighted by atomic mass is 9.73. The number of pyridine rings is 2. The van der Waals surface area contributed by atoms with Gasteiger partial charge in [-0.1, -0.05) is 36.8 Å². The molecule has 5 aromatic rings. The number of para-hydroxylation sites is 1. The molecule has 1 unspecified atom stereocenters. The van der Waals surface area contributed by atoms with Crippen LogP contribution in [-0.2, 0) is 24.6 Å². The quantitative estimate of drug-likeness (QED) is 0.116. The number of carbonyl (C=O) groups is 4. The van der Waals surface area contributed by atoms with Crippen molar-refractivity contribution in [2.45, 2.75) is 133 Å². The Morgan fingerprint density at radius 3 is 2.33 bits per heavy atom. The number of imide groups is 1. The molecule has 2 N–H and O–H groups in total. The predicted molar refractivity (Wildman–Crippen MR) is 288 cm³/mol. The van der Waals surface area contributed by atoms with Gasteiger partial charge in [0, 0.05) is 74.1 Å². The van der Waals surface area contributed by atoms with Crippen LogP contribution in [0.3, 0.4) is 0 Å². The average Bonchev–Trinajstić information content (AvgIpc) is 4.02. The maximum Gasteiger partial charge on any atom is 0.238 e. The lowest BCUT2D eigenvalue weighted by Gasteiger charge is -2.48. The summed E-state index contributed by atoms with van der Waals surface area (Å²) in [5, 5.41) is 5.75. The molecule has 0 radical (unpaired) electrons. The van der Waals surface area contributed by atoms with Crippen molar-refractivity contribution in [3.63, 3.8) is 0 Å². The molecule has 75 heavy (non-hydrogen) atoms. The maximum absolute atomic E-state index is 15.3. The minimum Gasteiger partial charge on any atom is -0.357 e. The summed E-state index contributed by atoms with van der Waals surface area (Å²) in [6.07, 6.45) is 16.5. The van der Waals surface area contributed by atoms with Gasteiger partial charge in [0.05, 0.1) is 34.6 Å². The molecule has 1 saturated carbocycles. The van der Waals surface area contributed by atoms with Gasteiger partial charge >= 0.3 is 0 Å². The number of likely N-dealkylation sites (tertiary alicyclic amines) is 3. The summed E-state index contributed by atoms with van der Waals surface area (Å²) in [7, 11) is 0. The van der Waals surface area contributed by atoms with E-state index in [0.29, 0.717) is 67.9 Å². The number of nitrogens with zero attached hydrogens (tertiary/aromatic N) is 9. The van der Waals surface area contributed by atoms with Gasteiger partial charge in [-0.05, 0) is 171 Å². The molecule has 1 aliphatic carbocycles. The number of hydrogen-bond acceptors (Lipinski definition) is 11. The zero-order valence-corrected chi connectivity index (χ0v) is 43.7. The SMILES string of the molecule is CC(C)n1cnc2cc(-c3ccc4c(c3)N(C3CC(N5CCCCC5)C3)C(=O)C43CCN(C(=O)C4CCN(CCC5CCN(c6ccc(C7CCC(=O)NC7=O)cn6)CC5)CC4)CC3)nc(Nc3ccccc3F)c21. The van der Waals surface area contributed by atoms with Crippen molar-refractivity contribution in [3.05, 3.63) is 90.1 Å². The predicted octanol–water partition coefficient (Wildman–Crippen LogP) is 8.72. The molecule has 6 fully saturated rings. The standard InChI is InChI=1S/C59H72FN11O4/c1-38(2)70-37-62-50-35-49(64-55(54(50)70)63-48-9-5-4-8-47(48)60)41-10-13-46-51(32-41)71(44-33-43(34-44)67-23-6-3-7-24-67)58(75)59(46)21-30-69(31-22-59)57(74)40-19-26-66(27-20-40)25-16-39-17-28-68(29-18-39)52-14-11-42(36-61-52)45-12-15-53(72)65-56(45)73/h4-5,8-11,13-14,32,35-40,43-45H,3,6-7,12,15-31,33-34H2,1-2H3,(H,63,64)(H,65,72,73). The smallest absolute Gasteiger partial charge is 0.238 e. The topological polar surface area (TPSA) is 152 Å². The highest BCUT2D eigenvalue weighted by Gasteiger charge is 2.56. The van der Waals surface area contributed by atoms with Gasteiger partial charge in [-0.15, -0.1) is 0 Å². The third kappa shape index (κ3) is 9.59. The number of piperidine rings is 5. The molecule has 6 aliphatic heterocycles. The van der Waals surface area contributed by atoms with E-state index in [-0.39, 0.29) is 53.4 Å². The fraction of sp³-hybridized carbons (Fsp3) is 0.542. The Hall–Kier alpha value is -6.26. The Labute approximate surface area is 439 Å². The summed E-state index contributed by atoms with van der Waals surface area (Å²) < 4.78 is 17.2. The molecule has 1 spiro atoms. The number of benzene rings is 2. The van der Waals surface area contributed by atoms with Crippen molar-refractivity contribution in [1.82, 2.24) is 39.5 Å². The number of amides is 4. The monoisotopic (exact) mass is 1020 g/mol. The van der Waals surface area contributed by atoms with E-state index >= 15 is 9.18 Å². The molecular weight excluding hydrogens is 946 g/mol. The minimum absolute atomic E-state index is 0.00859. The van der Waals surface area contributed by atoms with Crippen LogP contribution in [0.15, 0.2) is 73.2 Å². The molecule has 16 heteroatoms. The molecule has 5 saturated heterocycles. The van der Waals surface area contributed by atoms with Crippen molar-refractivity contribution in [3.8, 4) is 11.3 Å². The third-order valence-corrected chi connectivity index (χ3v) is 18.4. The van der Waals surface area contributed by atoms with Gasteiger partial charge in [0.2, 0.25) is 23.6 Å². The molecule has 12 rings (SSSR count). The second kappa shape index (κ2) is 20.7. The van der Waals surface area contributed by atoms with Crippen LogP contribution in [0.2, 0.25) is 0 Å². The molecule has 15 nitrogen and oxygen atoms in total.